The van der Waals surface area contributed by atoms with E-state index in [2.05, 4.69) is 10.2 Å². The summed E-state index contributed by atoms with van der Waals surface area (Å²) >= 11 is 0. The van der Waals surface area contributed by atoms with E-state index < -0.39 is 5.97 Å². The van der Waals surface area contributed by atoms with Gasteiger partial charge in [-0.15, -0.1) is 0 Å². The second-order valence-corrected chi connectivity index (χ2v) is 7.99. The Kier molecular flexibility index (Phi) is 9.05. The molecule has 0 aliphatic carbocycles. The lowest BCUT2D eigenvalue weighted by Crippen LogP contribution is -2.25. The van der Waals surface area contributed by atoms with Gasteiger partial charge >= 0.3 is 5.97 Å². The van der Waals surface area contributed by atoms with Crippen LogP contribution in [0.1, 0.15) is 30.0 Å². The van der Waals surface area contributed by atoms with Gasteiger partial charge in [0.05, 0.1) is 13.5 Å². The van der Waals surface area contributed by atoms with Crippen LogP contribution in [-0.2, 0) is 29.3 Å². The first-order chi connectivity index (χ1) is 16.4. The molecule has 0 unspecified atom stereocenters. The highest BCUT2D eigenvalue weighted by molar-refractivity contribution is 5.88. The Balaban J connectivity index is 1.69. The lowest BCUT2D eigenvalue weighted by Gasteiger charge is -2.23. The van der Waals surface area contributed by atoms with E-state index >= 15 is 0 Å². The fourth-order valence-electron chi connectivity index (χ4n) is 3.55. The maximum absolute atomic E-state index is 11.2. The van der Waals surface area contributed by atoms with Gasteiger partial charge in [0.1, 0.15) is 6.61 Å². The Bertz CT molecular complexity index is 1080. The molecule has 7 nitrogen and oxygen atoms in total. The molecular weight excluding hydrogens is 432 g/mol. The molecule has 0 aromatic heterocycles. The monoisotopic (exact) mass is 462 g/mol. The average Bonchev–Trinajstić information content (AvgIpc) is 2.83. The minimum absolute atomic E-state index is 0.0411. The number of carbonyl (C=O) groups is 2. The van der Waals surface area contributed by atoms with Gasteiger partial charge in [-0.25, -0.2) is 0 Å². The van der Waals surface area contributed by atoms with E-state index in [-0.39, 0.29) is 12.3 Å². The molecule has 178 valence electrons. The van der Waals surface area contributed by atoms with Crippen LogP contribution < -0.4 is 14.8 Å². The highest BCUT2D eigenvalue weighted by Gasteiger charge is 2.13. The van der Waals surface area contributed by atoms with Crippen molar-refractivity contribution >= 4 is 17.6 Å². The molecule has 0 spiro atoms. The number of carboxylic acid groups (broad SMARTS) is 1. The van der Waals surface area contributed by atoms with Crippen LogP contribution in [0.15, 0.2) is 72.8 Å². The van der Waals surface area contributed by atoms with Gasteiger partial charge in [0, 0.05) is 32.2 Å². The molecule has 0 atom stereocenters. The average molecular weight is 463 g/mol. The van der Waals surface area contributed by atoms with Crippen molar-refractivity contribution < 1.29 is 24.2 Å². The SMILES string of the molecule is COc1cc(CN(CCC(=O)O)Cc2ccc(NC(C)=O)cc2)ccc1OCc1ccccc1. The fraction of sp³-hybridized carbons (Fsp3) is 0.259. The molecule has 3 aromatic rings. The Morgan fingerprint density at radius 1 is 0.882 bits per heavy atom. The van der Waals surface area contributed by atoms with Gasteiger partial charge in [-0.3, -0.25) is 14.5 Å². The molecule has 2 N–H and O–H groups in total. The highest BCUT2D eigenvalue weighted by Crippen LogP contribution is 2.29. The van der Waals surface area contributed by atoms with E-state index in [1.807, 2.05) is 72.8 Å². The first-order valence-electron chi connectivity index (χ1n) is 11.1. The summed E-state index contributed by atoms with van der Waals surface area (Å²) in [5.41, 5.74) is 3.81. The minimum atomic E-state index is -0.840. The van der Waals surface area contributed by atoms with E-state index in [1.165, 1.54) is 6.92 Å². The fourth-order valence-corrected chi connectivity index (χ4v) is 3.55. The lowest BCUT2D eigenvalue weighted by atomic mass is 10.1. The number of ether oxygens (including phenoxy) is 2. The zero-order chi connectivity index (χ0) is 24.3. The van der Waals surface area contributed by atoms with Crippen molar-refractivity contribution in [1.82, 2.24) is 4.90 Å². The molecule has 3 aromatic carbocycles. The van der Waals surface area contributed by atoms with Crippen LogP contribution >= 0.6 is 0 Å². The summed E-state index contributed by atoms with van der Waals surface area (Å²) in [6, 6.07) is 23.2. The van der Waals surface area contributed by atoms with Gasteiger partial charge < -0.3 is 19.9 Å². The molecule has 1 amide bonds. The normalized spacial score (nSPS) is 10.7. The number of benzene rings is 3. The van der Waals surface area contributed by atoms with Gasteiger partial charge in [-0.2, -0.15) is 0 Å². The Morgan fingerprint density at radius 3 is 2.21 bits per heavy atom. The lowest BCUT2D eigenvalue weighted by molar-refractivity contribution is -0.137. The number of carboxylic acids is 1. The Labute approximate surface area is 199 Å². The molecular formula is C27H30N2O5. The van der Waals surface area contributed by atoms with Gasteiger partial charge in [-0.05, 0) is 41.0 Å². The topological polar surface area (TPSA) is 88.1 Å². The number of hydrogen-bond acceptors (Lipinski definition) is 5. The van der Waals surface area contributed by atoms with Crippen LogP contribution in [-0.4, -0.2) is 35.5 Å². The van der Waals surface area contributed by atoms with E-state index in [1.54, 1.807) is 7.11 Å². The molecule has 0 aliphatic heterocycles. The van der Waals surface area contributed by atoms with Crippen molar-refractivity contribution in [3.63, 3.8) is 0 Å². The largest absolute Gasteiger partial charge is 0.493 e. The predicted octanol–water partition coefficient (Wildman–Crippen LogP) is 4.71. The predicted molar refractivity (Wildman–Crippen MR) is 131 cm³/mol. The molecule has 3 rings (SSSR count). The third-order valence-corrected chi connectivity index (χ3v) is 5.19. The smallest absolute Gasteiger partial charge is 0.304 e. The number of nitrogens with zero attached hydrogens (tertiary/aromatic N) is 1. The third-order valence-electron chi connectivity index (χ3n) is 5.19. The second kappa shape index (κ2) is 12.4. The summed E-state index contributed by atoms with van der Waals surface area (Å²) in [7, 11) is 1.60. The summed E-state index contributed by atoms with van der Waals surface area (Å²) in [5.74, 6) is 0.321. The number of methoxy groups -OCH3 is 1. The highest BCUT2D eigenvalue weighted by atomic mass is 16.5. The van der Waals surface area contributed by atoms with E-state index in [0.717, 1.165) is 22.4 Å². The molecule has 0 fully saturated rings. The summed E-state index contributed by atoms with van der Waals surface area (Å²) in [6.45, 7) is 3.43. The van der Waals surface area contributed by atoms with Crippen LogP contribution in [0, 0.1) is 0 Å². The number of anilines is 1. The van der Waals surface area contributed by atoms with Crippen molar-refractivity contribution in [2.45, 2.75) is 33.0 Å². The summed E-state index contributed by atoms with van der Waals surface area (Å²) in [4.78, 5) is 24.5. The Hall–Kier alpha value is -3.84. The molecule has 0 heterocycles. The number of amides is 1. The van der Waals surface area contributed by atoms with E-state index in [4.69, 9.17) is 9.47 Å². The zero-order valence-electron chi connectivity index (χ0n) is 19.5. The number of nitrogens with one attached hydrogen (secondary N) is 1. The maximum atomic E-state index is 11.2. The molecule has 0 bridgehead atoms. The van der Waals surface area contributed by atoms with Crippen LogP contribution in [0.4, 0.5) is 5.69 Å². The number of aliphatic carboxylic acids is 1. The zero-order valence-corrected chi connectivity index (χ0v) is 19.5. The summed E-state index contributed by atoms with van der Waals surface area (Å²) in [6.07, 6.45) is 0.0411. The van der Waals surface area contributed by atoms with Crippen LogP contribution in [0.2, 0.25) is 0 Å². The summed E-state index contributed by atoms with van der Waals surface area (Å²) in [5, 5.41) is 11.9. The van der Waals surface area contributed by atoms with Crippen molar-refractivity contribution in [2.75, 3.05) is 19.0 Å². The molecule has 0 saturated heterocycles. The number of carbonyl (C=O) groups excluding carboxylic acids is 1. The van der Waals surface area contributed by atoms with Crippen LogP contribution in [0.3, 0.4) is 0 Å². The standard InChI is InChI=1S/C27H30N2O5/c1-20(30)28-24-11-8-21(9-12-24)17-29(15-14-27(31)32)18-23-10-13-25(26(16-23)33-2)34-19-22-6-4-3-5-7-22/h3-13,16H,14-15,17-19H2,1-2H3,(H,28,30)(H,31,32). The van der Waals surface area contributed by atoms with E-state index in [9.17, 15) is 14.7 Å². The molecule has 0 aliphatic rings. The second-order valence-electron chi connectivity index (χ2n) is 7.99. The molecule has 0 saturated carbocycles. The van der Waals surface area contributed by atoms with Crippen molar-refractivity contribution in [3.05, 3.63) is 89.5 Å². The summed E-state index contributed by atoms with van der Waals surface area (Å²) < 4.78 is 11.5. The van der Waals surface area contributed by atoms with Crippen LogP contribution in [0.25, 0.3) is 0 Å². The van der Waals surface area contributed by atoms with E-state index in [0.29, 0.717) is 37.7 Å². The number of rotatable bonds is 12. The molecule has 34 heavy (non-hydrogen) atoms. The Morgan fingerprint density at radius 2 is 1.56 bits per heavy atom. The van der Waals surface area contributed by atoms with Crippen LogP contribution in [0.5, 0.6) is 11.5 Å². The van der Waals surface area contributed by atoms with Crippen molar-refractivity contribution in [2.24, 2.45) is 0 Å². The number of hydrogen-bond donors (Lipinski definition) is 2. The van der Waals surface area contributed by atoms with Gasteiger partial charge in [0.25, 0.3) is 0 Å². The first-order valence-corrected chi connectivity index (χ1v) is 11.1. The van der Waals surface area contributed by atoms with Gasteiger partial charge in [-0.1, -0.05) is 48.5 Å². The molecule has 7 heteroatoms. The third kappa shape index (κ3) is 7.94. The maximum Gasteiger partial charge on any atom is 0.304 e. The van der Waals surface area contributed by atoms with Crippen molar-refractivity contribution in [1.29, 1.82) is 0 Å². The molecule has 0 radical (unpaired) electrons. The van der Waals surface area contributed by atoms with Gasteiger partial charge in [0.15, 0.2) is 11.5 Å². The first kappa shape index (κ1) is 24.8. The van der Waals surface area contributed by atoms with Gasteiger partial charge in [0.2, 0.25) is 5.91 Å². The quantitative estimate of drug-likeness (QED) is 0.405. The minimum Gasteiger partial charge on any atom is -0.493 e. The van der Waals surface area contributed by atoms with Crippen molar-refractivity contribution in [3.8, 4) is 11.5 Å².